The zero-order chi connectivity index (χ0) is 10.7. The Bertz CT molecular complexity index is 435. The minimum Gasteiger partial charge on any atom is -0.506 e. The summed E-state index contributed by atoms with van der Waals surface area (Å²) in [6, 6.07) is 9.18. The molecule has 2 N–H and O–H groups in total. The molecule has 0 radical (unpaired) electrons. The zero-order valence-corrected chi connectivity index (χ0v) is 8.53. The van der Waals surface area contributed by atoms with E-state index in [1.807, 2.05) is 31.2 Å². The molecular weight excluding hydrogens is 190 g/mol. The van der Waals surface area contributed by atoms with Crippen LogP contribution in [0, 0.1) is 6.92 Å². The summed E-state index contributed by atoms with van der Waals surface area (Å²) >= 11 is 0. The van der Waals surface area contributed by atoms with E-state index in [4.69, 9.17) is 4.42 Å². The predicted molar refractivity (Wildman–Crippen MR) is 58.9 cm³/mol. The van der Waals surface area contributed by atoms with Crippen LogP contribution in [-0.2, 0) is 6.54 Å². The standard InChI is InChI=1S/C12H13NO2/c1-9-4-5-12(14)11(7-9)13-8-10-3-2-6-15-10/h2-7,13-14H,8H2,1H3. The van der Waals surface area contributed by atoms with Gasteiger partial charge in [0.1, 0.15) is 11.5 Å². The summed E-state index contributed by atoms with van der Waals surface area (Å²) < 4.78 is 5.18. The van der Waals surface area contributed by atoms with E-state index >= 15 is 0 Å². The number of benzene rings is 1. The molecule has 0 fully saturated rings. The van der Waals surface area contributed by atoms with Crippen molar-refractivity contribution in [3.63, 3.8) is 0 Å². The number of anilines is 1. The molecule has 0 saturated carbocycles. The fourth-order valence-electron chi connectivity index (χ4n) is 1.39. The third kappa shape index (κ3) is 2.31. The van der Waals surface area contributed by atoms with Crippen LogP contribution in [0.4, 0.5) is 5.69 Å². The van der Waals surface area contributed by atoms with Crippen molar-refractivity contribution in [2.45, 2.75) is 13.5 Å². The van der Waals surface area contributed by atoms with Crippen molar-refractivity contribution in [1.82, 2.24) is 0 Å². The Morgan fingerprint density at radius 2 is 2.20 bits per heavy atom. The number of phenols is 1. The van der Waals surface area contributed by atoms with E-state index in [2.05, 4.69) is 5.32 Å². The number of hydrogen-bond donors (Lipinski definition) is 2. The van der Waals surface area contributed by atoms with E-state index in [0.717, 1.165) is 17.0 Å². The number of rotatable bonds is 3. The molecule has 0 unspecified atom stereocenters. The summed E-state index contributed by atoms with van der Waals surface area (Å²) in [5.41, 5.74) is 1.83. The summed E-state index contributed by atoms with van der Waals surface area (Å²) in [4.78, 5) is 0. The first kappa shape index (κ1) is 9.65. The highest BCUT2D eigenvalue weighted by Gasteiger charge is 2.01. The first-order chi connectivity index (χ1) is 7.25. The Kier molecular flexibility index (Phi) is 2.63. The average molecular weight is 203 g/mol. The van der Waals surface area contributed by atoms with Crippen molar-refractivity contribution in [3.05, 3.63) is 47.9 Å². The van der Waals surface area contributed by atoms with Crippen molar-refractivity contribution in [3.8, 4) is 5.75 Å². The molecule has 15 heavy (non-hydrogen) atoms. The first-order valence-corrected chi connectivity index (χ1v) is 4.81. The molecule has 3 nitrogen and oxygen atoms in total. The molecule has 0 atom stereocenters. The largest absolute Gasteiger partial charge is 0.506 e. The summed E-state index contributed by atoms with van der Waals surface area (Å²) in [5, 5.41) is 12.7. The highest BCUT2D eigenvalue weighted by Crippen LogP contribution is 2.24. The topological polar surface area (TPSA) is 45.4 Å². The lowest BCUT2D eigenvalue weighted by Crippen LogP contribution is -1.98. The van der Waals surface area contributed by atoms with Gasteiger partial charge in [-0.15, -0.1) is 0 Å². The van der Waals surface area contributed by atoms with Gasteiger partial charge in [-0.3, -0.25) is 0 Å². The van der Waals surface area contributed by atoms with Crippen LogP contribution in [0.1, 0.15) is 11.3 Å². The van der Waals surface area contributed by atoms with Crippen LogP contribution in [0.3, 0.4) is 0 Å². The van der Waals surface area contributed by atoms with Crippen LogP contribution in [0.25, 0.3) is 0 Å². The second-order valence-corrected chi connectivity index (χ2v) is 3.45. The van der Waals surface area contributed by atoms with Gasteiger partial charge in [-0.1, -0.05) is 6.07 Å². The maximum Gasteiger partial charge on any atom is 0.138 e. The van der Waals surface area contributed by atoms with Gasteiger partial charge >= 0.3 is 0 Å². The van der Waals surface area contributed by atoms with Gasteiger partial charge in [-0.2, -0.15) is 0 Å². The second kappa shape index (κ2) is 4.09. The normalized spacial score (nSPS) is 10.2. The van der Waals surface area contributed by atoms with Crippen LogP contribution < -0.4 is 5.32 Å². The van der Waals surface area contributed by atoms with Crippen molar-refractivity contribution in [2.24, 2.45) is 0 Å². The van der Waals surface area contributed by atoms with E-state index in [1.54, 1.807) is 12.3 Å². The number of aryl methyl sites for hydroxylation is 1. The van der Waals surface area contributed by atoms with Gasteiger partial charge in [0.15, 0.2) is 0 Å². The predicted octanol–water partition coefficient (Wildman–Crippen LogP) is 2.91. The molecule has 2 rings (SSSR count). The lowest BCUT2D eigenvalue weighted by Gasteiger charge is -2.07. The lowest BCUT2D eigenvalue weighted by molar-refractivity contribution is 0.476. The third-order valence-electron chi connectivity index (χ3n) is 2.19. The highest BCUT2D eigenvalue weighted by molar-refractivity contribution is 5.57. The minimum absolute atomic E-state index is 0.257. The molecule has 0 amide bonds. The van der Waals surface area contributed by atoms with E-state index in [-0.39, 0.29) is 5.75 Å². The molecule has 2 aromatic rings. The van der Waals surface area contributed by atoms with E-state index < -0.39 is 0 Å². The molecule has 1 aromatic heterocycles. The van der Waals surface area contributed by atoms with E-state index in [9.17, 15) is 5.11 Å². The summed E-state index contributed by atoms with van der Waals surface area (Å²) in [5.74, 6) is 1.10. The summed E-state index contributed by atoms with van der Waals surface area (Å²) in [6.45, 7) is 2.56. The average Bonchev–Trinajstić information content (AvgIpc) is 2.72. The van der Waals surface area contributed by atoms with Crippen LogP contribution >= 0.6 is 0 Å². The quantitative estimate of drug-likeness (QED) is 0.754. The maximum absolute atomic E-state index is 9.57. The smallest absolute Gasteiger partial charge is 0.138 e. The highest BCUT2D eigenvalue weighted by atomic mass is 16.3. The minimum atomic E-state index is 0.257. The van der Waals surface area contributed by atoms with Crippen LogP contribution in [0.15, 0.2) is 41.0 Å². The zero-order valence-electron chi connectivity index (χ0n) is 8.53. The van der Waals surface area contributed by atoms with Crippen molar-refractivity contribution in [1.29, 1.82) is 0 Å². The number of furan rings is 1. The molecule has 0 aliphatic heterocycles. The van der Waals surface area contributed by atoms with E-state index in [1.165, 1.54) is 0 Å². The molecule has 0 aliphatic carbocycles. The number of aromatic hydroxyl groups is 1. The number of hydrogen-bond acceptors (Lipinski definition) is 3. The Hall–Kier alpha value is -1.90. The second-order valence-electron chi connectivity index (χ2n) is 3.45. The van der Waals surface area contributed by atoms with Gasteiger partial charge < -0.3 is 14.8 Å². The first-order valence-electron chi connectivity index (χ1n) is 4.81. The molecule has 0 aliphatic rings. The van der Waals surface area contributed by atoms with Crippen LogP contribution in [0.5, 0.6) is 5.75 Å². The van der Waals surface area contributed by atoms with E-state index in [0.29, 0.717) is 6.54 Å². The Balaban J connectivity index is 2.07. The molecule has 3 heteroatoms. The lowest BCUT2D eigenvalue weighted by atomic mass is 10.2. The molecule has 0 spiro atoms. The molecule has 1 heterocycles. The molecule has 78 valence electrons. The monoisotopic (exact) mass is 203 g/mol. The van der Waals surface area contributed by atoms with Crippen molar-refractivity contribution in [2.75, 3.05) is 5.32 Å². The van der Waals surface area contributed by atoms with Crippen LogP contribution in [-0.4, -0.2) is 5.11 Å². The Morgan fingerprint density at radius 3 is 2.93 bits per heavy atom. The maximum atomic E-state index is 9.57. The van der Waals surface area contributed by atoms with Crippen LogP contribution in [0.2, 0.25) is 0 Å². The van der Waals surface area contributed by atoms with Gasteiger partial charge in [0.05, 0.1) is 18.5 Å². The number of nitrogens with one attached hydrogen (secondary N) is 1. The Morgan fingerprint density at radius 1 is 1.33 bits per heavy atom. The van der Waals surface area contributed by atoms with Crippen molar-refractivity contribution < 1.29 is 9.52 Å². The molecule has 1 aromatic carbocycles. The summed E-state index contributed by atoms with van der Waals surface area (Å²) in [6.07, 6.45) is 1.63. The SMILES string of the molecule is Cc1ccc(O)c(NCc2ccco2)c1. The number of phenolic OH excluding ortho intramolecular Hbond substituents is 1. The summed E-state index contributed by atoms with van der Waals surface area (Å²) in [7, 11) is 0. The molecule has 0 saturated heterocycles. The molecule has 0 bridgehead atoms. The molecular formula is C12H13NO2. The van der Waals surface area contributed by atoms with Gasteiger partial charge in [-0.25, -0.2) is 0 Å². The van der Waals surface area contributed by atoms with Crippen molar-refractivity contribution >= 4 is 5.69 Å². The fraction of sp³-hybridized carbons (Fsp3) is 0.167. The third-order valence-corrected chi connectivity index (χ3v) is 2.19. The van der Waals surface area contributed by atoms with Gasteiger partial charge in [0.2, 0.25) is 0 Å². The van der Waals surface area contributed by atoms with Gasteiger partial charge in [-0.05, 0) is 36.8 Å². The van der Waals surface area contributed by atoms with Gasteiger partial charge in [0.25, 0.3) is 0 Å². The fourth-order valence-corrected chi connectivity index (χ4v) is 1.39. The Labute approximate surface area is 88.4 Å². The van der Waals surface area contributed by atoms with Gasteiger partial charge in [0, 0.05) is 0 Å².